The van der Waals surface area contributed by atoms with E-state index in [9.17, 15) is 0 Å². The fourth-order valence-electron chi connectivity index (χ4n) is 2.89. The highest BCUT2D eigenvalue weighted by atomic mass is 15.4. The van der Waals surface area contributed by atoms with Crippen LogP contribution in [0.1, 0.15) is 0 Å². The number of anilines is 2. The van der Waals surface area contributed by atoms with Gasteiger partial charge in [0.15, 0.2) is 11.6 Å². The van der Waals surface area contributed by atoms with Gasteiger partial charge in [-0.3, -0.25) is 0 Å². The van der Waals surface area contributed by atoms with E-state index in [0.29, 0.717) is 0 Å². The fraction of sp³-hybridized carbons (Fsp3) is 0.714. The van der Waals surface area contributed by atoms with E-state index in [-0.39, 0.29) is 0 Å². The van der Waals surface area contributed by atoms with E-state index in [0.717, 1.165) is 37.8 Å². The number of aromatic nitrogens is 2. The van der Waals surface area contributed by atoms with Crippen LogP contribution in [0.5, 0.6) is 0 Å². The number of nitrogens with one attached hydrogen (secondary N) is 2. The molecule has 0 atom stereocenters. The average molecular weight is 278 g/mol. The minimum Gasteiger partial charge on any atom is -0.344 e. The second-order valence-corrected chi connectivity index (χ2v) is 6.14. The van der Waals surface area contributed by atoms with Crippen LogP contribution in [0.4, 0.5) is 11.6 Å². The first-order valence-corrected chi connectivity index (χ1v) is 7.68. The second kappa shape index (κ2) is 5.93. The number of hydrogen-bond donors (Lipinski definition) is 2. The van der Waals surface area contributed by atoms with Crippen LogP contribution >= 0.6 is 0 Å². The van der Waals surface area contributed by atoms with Gasteiger partial charge in [-0.2, -0.15) is 0 Å². The summed E-state index contributed by atoms with van der Waals surface area (Å²) in [4.78, 5) is 7.90. The summed E-state index contributed by atoms with van der Waals surface area (Å²) in [5.41, 5.74) is 0. The maximum absolute atomic E-state index is 4.44. The van der Waals surface area contributed by atoms with Crippen LogP contribution in [0.2, 0.25) is 0 Å². The normalized spacial score (nSPS) is 22.3. The van der Waals surface area contributed by atoms with Gasteiger partial charge in [-0.15, -0.1) is 10.2 Å². The monoisotopic (exact) mass is 278 g/mol. The van der Waals surface area contributed by atoms with Gasteiger partial charge in [0, 0.05) is 0 Å². The van der Waals surface area contributed by atoms with Gasteiger partial charge in [0.05, 0.1) is 66.5 Å². The van der Waals surface area contributed by atoms with Gasteiger partial charge < -0.3 is 19.6 Å². The number of likely N-dealkylation sites (N-methyl/N-ethyl adjacent to an activating group) is 2. The van der Waals surface area contributed by atoms with Crippen molar-refractivity contribution in [3.63, 3.8) is 0 Å². The Bertz CT molecular complexity index is 377. The van der Waals surface area contributed by atoms with E-state index >= 15 is 0 Å². The van der Waals surface area contributed by atoms with Crippen LogP contribution in [-0.4, -0.2) is 76.7 Å². The molecule has 6 heteroatoms. The molecule has 0 radical (unpaired) electrons. The van der Waals surface area contributed by atoms with E-state index in [1.165, 1.54) is 26.2 Å². The minimum atomic E-state index is 1.03. The Morgan fingerprint density at radius 1 is 0.750 bits per heavy atom. The average Bonchev–Trinajstić information content (AvgIpc) is 2.49. The third kappa shape index (κ3) is 3.02. The summed E-state index contributed by atoms with van der Waals surface area (Å²) in [6, 6.07) is 4.27. The molecule has 0 bridgehead atoms. The summed E-state index contributed by atoms with van der Waals surface area (Å²) in [5, 5.41) is 8.88. The van der Waals surface area contributed by atoms with Gasteiger partial charge in [0.25, 0.3) is 0 Å². The van der Waals surface area contributed by atoms with Gasteiger partial charge in [0.1, 0.15) is 0 Å². The van der Waals surface area contributed by atoms with Crippen molar-refractivity contribution in [1.29, 1.82) is 0 Å². The Kier molecular flexibility index (Phi) is 4.03. The maximum atomic E-state index is 4.44. The zero-order valence-corrected chi connectivity index (χ0v) is 12.6. The highest BCUT2D eigenvalue weighted by Gasteiger charge is 2.20. The SMILES string of the molecule is C[NH+]1CCN(c2ccc(N3CC[NH+](C)CC3)nn2)CC1. The predicted molar refractivity (Wildman–Crippen MR) is 79.7 cm³/mol. The molecule has 2 aliphatic rings. The Morgan fingerprint density at radius 3 is 1.40 bits per heavy atom. The minimum absolute atomic E-state index is 1.03. The molecule has 20 heavy (non-hydrogen) atoms. The number of quaternary nitrogens is 2. The fourth-order valence-corrected chi connectivity index (χ4v) is 2.89. The van der Waals surface area contributed by atoms with Crippen molar-refractivity contribution in [3.8, 4) is 0 Å². The molecule has 110 valence electrons. The number of rotatable bonds is 2. The van der Waals surface area contributed by atoms with E-state index in [2.05, 4.69) is 46.2 Å². The molecule has 2 saturated heterocycles. The van der Waals surface area contributed by atoms with E-state index in [4.69, 9.17) is 0 Å². The molecule has 1 aromatic rings. The van der Waals surface area contributed by atoms with E-state index in [1.54, 1.807) is 9.80 Å². The molecule has 0 aliphatic carbocycles. The first-order chi connectivity index (χ1) is 9.72. The molecule has 1 aromatic heterocycles. The first-order valence-electron chi connectivity index (χ1n) is 7.68. The second-order valence-electron chi connectivity index (χ2n) is 6.14. The maximum Gasteiger partial charge on any atom is 0.151 e. The molecule has 0 saturated carbocycles. The predicted octanol–water partition coefficient (Wildman–Crippen LogP) is -2.85. The van der Waals surface area contributed by atoms with Crippen LogP contribution in [0.25, 0.3) is 0 Å². The molecule has 6 nitrogen and oxygen atoms in total. The smallest absolute Gasteiger partial charge is 0.151 e. The van der Waals surface area contributed by atoms with Crippen molar-refractivity contribution in [2.45, 2.75) is 0 Å². The Hall–Kier alpha value is -1.40. The first kappa shape index (κ1) is 13.6. The highest BCUT2D eigenvalue weighted by Crippen LogP contribution is 2.14. The molecular weight excluding hydrogens is 252 g/mol. The van der Waals surface area contributed by atoms with Crippen molar-refractivity contribution in [1.82, 2.24) is 10.2 Å². The molecule has 3 heterocycles. The van der Waals surface area contributed by atoms with Crippen LogP contribution in [0.3, 0.4) is 0 Å². The quantitative estimate of drug-likeness (QED) is 0.611. The lowest BCUT2D eigenvalue weighted by atomic mass is 10.3. The Morgan fingerprint density at radius 2 is 1.10 bits per heavy atom. The third-order valence-corrected chi connectivity index (χ3v) is 4.52. The zero-order valence-electron chi connectivity index (χ0n) is 12.6. The van der Waals surface area contributed by atoms with Gasteiger partial charge in [-0.25, -0.2) is 0 Å². The molecule has 0 unspecified atom stereocenters. The van der Waals surface area contributed by atoms with Crippen LogP contribution in [0, 0.1) is 0 Å². The molecular formula is C14H26N6+2. The summed E-state index contributed by atoms with van der Waals surface area (Å²) < 4.78 is 0. The molecule has 3 rings (SSSR count). The summed E-state index contributed by atoms with van der Waals surface area (Å²) in [6.07, 6.45) is 0. The van der Waals surface area contributed by atoms with Crippen molar-refractivity contribution in [3.05, 3.63) is 12.1 Å². The van der Waals surface area contributed by atoms with Crippen molar-refractivity contribution >= 4 is 11.6 Å². The molecule has 0 amide bonds. The van der Waals surface area contributed by atoms with Gasteiger partial charge in [-0.05, 0) is 12.1 Å². The van der Waals surface area contributed by atoms with Crippen LogP contribution < -0.4 is 19.6 Å². The van der Waals surface area contributed by atoms with Gasteiger partial charge in [-0.1, -0.05) is 0 Å². The van der Waals surface area contributed by atoms with Crippen LogP contribution in [0.15, 0.2) is 12.1 Å². The summed E-state index contributed by atoms with van der Waals surface area (Å²) in [6.45, 7) is 9.07. The zero-order chi connectivity index (χ0) is 13.9. The standard InChI is InChI=1S/C14H24N6/c1-17-5-9-19(10-6-17)13-3-4-14(16-15-13)20-11-7-18(2)8-12-20/h3-4H,5-12H2,1-2H3/p+2. The molecule has 0 spiro atoms. The molecule has 2 N–H and O–H groups in total. The van der Waals surface area contributed by atoms with Crippen molar-refractivity contribution in [2.24, 2.45) is 0 Å². The Balaban J connectivity index is 1.62. The van der Waals surface area contributed by atoms with Gasteiger partial charge >= 0.3 is 0 Å². The third-order valence-electron chi connectivity index (χ3n) is 4.52. The number of hydrogen-bond acceptors (Lipinski definition) is 4. The number of piperazine rings is 2. The van der Waals surface area contributed by atoms with Crippen LogP contribution in [-0.2, 0) is 0 Å². The largest absolute Gasteiger partial charge is 0.344 e. The lowest BCUT2D eigenvalue weighted by molar-refractivity contribution is -0.880. The van der Waals surface area contributed by atoms with Crippen molar-refractivity contribution < 1.29 is 9.80 Å². The topological polar surface area (TPSA) is 41.1 Å². The lowest BCUT2D eigenvalue weighted by Crippen LogP contribution is -3.12. The summed E-state index contributed by atoms with van der Waals surface area (Å²) in [5.74, 6) is 2.06. The van der Waals surface area contributed by atoms with Gasteiger partial charge in [0.2, 0.25) is 0 Å². The molecule has 0 aromatic carbocycles. The van der Waals surface area contributed by atoms with E-state index in [1.807, 2.05) is 0 Å². The highest BCUT2D eigenvalue weighted by molar-refractivity contribution is 5.45. The van der Waals surface area contributed by atoms with Crippen molar-refractivity contribution in [2.75, 3.05) is 76.3 Å². The summed E-state index contributed by atoms with van der Waals surface area (Å²) in [7, 11) is 4.50. The molecule has 2 fully saturated rings. The van der Waals surface area contributed by atoms with E-state index < -0.39 is 0 Å². The lowest BCUT2D eigenvalue weighted by Gasteiger charge is -2.32. The molecule has 2 aliphatic heterocycles. The summed E-state index contributed by atoms with van der Waals surface area (Å²) >= 11 is 0. The Labute approximate surface area is 121 Å². The number of nitrogens with zero attached hydrogens (tertiary/aromatic N) is 4.